The number of anilines is 3. The highest BCUT2D eigenvalue weighted by atomic mass is 15.1. The van der Waals surface area contributed by atoms with Crippen LogP contribution in [0.1, 0.15) is 0 Å². The average molecular weight is 535 g/mol. The number of rotatable bonds is 4. The van der Waals surface area contributed by atoms with Crippen LogP contribution >= 0.6 is 0 Å². The molecule has 0 saturated carbocycles. The second-order valence-corrected chi connectivity index (χ2v) is 10.7. The van der Waals surface area contributed by atoms with Gasteiger partial charge in [0.05, 0.1) is 16.9 Å². The molecule has 7 aromatic rings. The summed E-state index contributed by atoms with van der Waals surface area (Å²) in [5.74, 6) is 0. The number of pyridine rings is 2. The fourth-order valence-corrected chi connectivity index (χ4v) is 6.23. The topological polar surface area (TPSA) is 29.0 Å². The number of para-hydroxylation sites is 3. The third-order valence-corrected chi connectivity index (χ3v) is 8.16. The van der Waals surface area contributed by atoms with Gasteiger partial charge in [0.25, 0.3) is 0 Å². The number of aromatic nitrogens is 2. The Hall–Kier alpha value is -5.48. The van der Waals surface area contributed by atoms with E-state index in [1.165, 1.54) is 27.8 Å². The lowest BCUT2D eigenvalue weighted by molar-refractivity contribution is 1.29. The number of hydrogen-bond donors (Lipinski definition) is 0. The van der Waals surface area contributed by atoms with Crippen LogP contribution in [-0.4, -0.2) is 16.7 Å². The quantitative estimate of drug-likeness (QED) is 0.222. The molecular formula is C38H26BN3. The fraction of sp³-hybridized carbons (Fsp3) is 0. The van der Waals surface area contributed by atoms with Gasteiger partial charge in [-0.3, -0.25) is 4.98 Å². The van der Waals surface area contributed by atoms with Crippen molar-refractivity contribution in [3.8, 4) is 22.5 Å². The van der Waals surface area contributed by atoms with Crippen LogP contribution in [0.3, 0.4) is 0 Å². The first-order chi connectivity index (χ1) is 20.8. The highest BCUT2D eigenvalue weighted by molar-refractivity contribution is 6.98. The molecule has 2 aromatic heterocycles. The number of benzene rings is 5. The molecule has 3 nitrogen and oxygen atoms in total. The minimum absolute atomic E-state index is 0.0419. The van der Waals surface area contributed by atoms with Crippen molar-refractivity contribution >= 4 is 51.1 Å². The van der Waals surface area contributed by atoms with Gasteiger partial charge in [-0.1, -0.05) is 109 Å². The molecule has 0 atom stereocenters. The van der Waals surface area contributed by atoms with Gasteiger partial charge in [-0.15, -0.1) is 0 Å². The zero-order chi connectivity index (χ0) is 27.9. The van der Waals surface area contributed by atoms with E-state index in [-0.39, 0.29) is 6.71 Å². The van der Waals surface area contributed by atoms with Gasteiger partial charge >= 0.3 is 0 Å². The largest absolute Gasteiger partial charge is 0.312 e. The molecular weight excluding hydrogens is 509 g/mol. The average Bonchev–Trinajstić information content (AvgIpc) is 3.07. The van der Waals surface area contributed by atoms with Crippen molar-refractivity contribution in [2.75, 3.05) is 4.90 Å². The Labute approximate surface area is 245 Å². The van der Waals surface area contributed by atoms with Crippen molar-refractivity contribution in [3.05, 3.63) is 158 Å². The molecule has 0 fully saturated rings. The third kappa shape index (κ3) is 4.16. The van der Waals surface area contributed by atoms with Crippen LogP contribution < -0.4 is 21.3 Å². The van der Waals surface area contributed by atoms with Crippen LogP contribution in [0, 0.1) is 0 Å². The van der Waals surface area contributed by atoms with Crippen molar-refractivity contribution in [1.29, 1.82) is 0 Å². The van der Waals surface area contributed by atoms with Gasteiger partial charge < -0.3 is 4.90 Å². The predicted octanol–water partition coefficient (Wildman–Crippen LogP) is 7.26. The number of nitrogens with zero attached hydrogens (tertiary/aromatic N) is 3. The van der Waals surface area contributed by atoms with E-state index < -0.39 is 0 Å². The first-order valence-electron chi connectivity index (χ1n) is 14.3. The van der Waals surface area contributed by atoms with Crippen LogP contribution in [0.2, 0.25) is 0 Å². The Morgan fingerprint density at radius 2 is 1.29 bits per heavy atom. The van der Waals surface area contributed by atoms with Crippen molar-refractivity contribution in [2.24, 2.45) is 0 Å². The van der Waals surface area contributed by atoms with E-state index in [0.29, 0.717) is 0 Å². The molecule has 196 valence electrons. The van der Waals surface area contributed by atoms with Gasteiger partial charge in [-0.2, -0.15) is 0 Å². The Bertz CT molecular complexity index is 2060. The van der Waals surface area contributed by atoms with Crippen molar-refractivity contribution in [1.82, 2.24) is 9.97 Å². The van der Waals surface area contributed by atoms with E-state index in [9.17, 15) is 0 Å². The molecule has 0 unspecified atom stereocenters. The Morgan fingerprint density at radius 1 is 0.500 bits per heavy atom. The van der Waals surface area contributed by atoms with Gasteiger partial charge in [0.15, 0.2) is 0 Å². The molecule has 1 aliphatic heterocycles. The first-order valence-corrected chi connectivity index (χ1v) is 14.3. The summed E-state index contributed by atoms with van der Waals surface area (Å²) in [5.41, 5.74) is 12.5. The van der Waals surface area contributed by atoms with E-state index in [1.54, 1.807) is 0 Å². The van der Waals surface area contributed by atoms with E-state index in [0.717, 1.165) is 39.1 Å². The Balaban J connectivity index is 1.36. The molecule has 5 aromatic carbocycles. The van der Waals surface area contributed by atoms with E-state index >= 15 is 0 Å². The summed E-state index contributed by atoms with van der Waals surface area (Å²) in [6.07, 6.45) is 1.85. The third-order valence-electron chi connectivity index (χ3n) is 8.16. The summed E-state index contributed by atoms with van der Waals surface area (Å²) in [5, 5.41) is 1.15. The molecule has 0 bridgehead atoms. The SMILES string of the molecule is c1ccc(N2c3ccccc3B(c3cccc(-c4ccccn4)c3)c3cc(-c4ccc5ccccc5n4)ccc32)cc1. The lowest BCUT2D eigenvalue weighted by Crippen LogP contribution is -2.57. The molecule has 0 N–H and O–H groups in total. The van der Waals surface area contributed by atoms with Gasteiger partial charge in [-0.05, 0) is 70.6 Å². The van der Waals surface area contributed by atoms with Gasteiger partial charge in [0.2, 0.25) is 6.71 Å². The smallest absolute Gasteiger partial charge is 0.246 e. The van der Waals surface area contributed by atoms with Crippen molar-refractivity contribution in [3.63, 3.8) is 0 Å². The zero-order valence-corrected chi connectivity index (χ0v) is 22.9. The monoisotopic (exact) mass is 535 g/mol. The molecule has 8 rings (SSSR count). The minimum Gasteiger partial charge on any atom is -0.312 e. The summed E-state index contributed by atoms with van der Waals surface area (Å²) in [4.78, 5) is 12.1. The van der Waals surface area contributed by atoms with Crippen molar-refractivity contribution < 1.29 is 0 Å². The normalized spacial score (nSPS) is 12.2. The molecule has 0 radical (unpaired) electrons. The number of fused-ring (bicyclic) bond motifs is 3. The van der Waals surface area contributed by atoms with Gasteiger partial charge in [-0.25, -0.2) is 4.98 Å². The van der Waals surface area contributed by atoms with E-state index in [2.05, 4.69) is 143 Å². The highest BCUT2D eigenvalue weighted by Gasteiger charge is 2.35. The van der Waals surface area contributed by atoms with Crippen LogP contribution in [0.5, 0.6) is 0 Å². The lowest BCUT2D eigenvalue weighted by atomic mass is 9.35. The second-order valence-electron chi connectivity index (χ2n) is 10.7. The first kappa shape index (κ1) is 24.3. The van der Waals surface area contributed by atoms with E-state index in [1.807, 2.05) is 24.4 Å². The van der Waals surface area contributed by atoms with Crippen LogP contribution in [-0.2, 0) is 0 Å². The predicted molar refractivity (Wildman–Crippen MR) is 176 cm³/mol. The lowest BCUT2D eigenvalue weighted by Gasteiger charge is -2.37. The molecule has 0 spiro atoms. The summed E-state index contributed by atoms with van der Waals surface area (Å²) in [7, 11) is 0. The summed E-state index contributed by atoms with van der Waals surface area (Å²) >= 11 is 0. The van der Waals surface area contributed by atoms with Gasteiger partial charge in [0.1, 0.15) is 0 Å². The molecule has 0 saturated heterocycles. The van der Waals surface area contributed by atoms with Gasteiger partial charge in [0, 0.05) is 28.6 Å². The molecule has 1 aliphatic rings. The Kier molecular flexibility index (Phi) is 5.89. The maximum Gasteiger partial charge on any atom is 0.246 e. The minimum atomic E-state index is 0.0419. The molecule has 3 heterocycles. The summed E-state index contributed by atoms with van der Waals surface area (Å²) < 4.78 is 0. The number of hydrogen-bond acceptors (Lipinski definition) is 3. The summed E-state index contributed by atoms with van der Waals surface area (Å²) in [6, 6.07) is 53.8. The summed E-state index contributed by atoms with van der Waals surface area (Å²) in [6.45, 7) is 0.0419. The maximum atomic E-state index is 5.05. The Morgan fingerprint density at radius 3 is 2.19 bits per heavy atom. The van der Waals surface area contributed by atoms with Crippen LogP contribution in [0.25, 0.3) is 33.4 Å². The second kappa shape index (κ2) is 10.2. The highest BCUT2D eigenvalue weighted by Crippen LogP contribution is 2.37. The molecule has 4 heteroatoms. The zero-order valence-electron chi connectivity index (χ0n) is 22.9. The molecule has 0 aliphatic carbocycles. The van der Waals surface area contributed by atoms with Crippen LogP contribution in [0.4, 0.5) is 17.1 Å². The van der Waals surface area contributed by atoms with E-state index in [4.69, 9.17) is 4.98 Å². The maximum absolute atomic E-state index is 5.05. The fourth-order valence-electron chi connectivity index (χ4n) is 6.23. The van der Waals surface area contributed by atoms with Crippen molar-refractivity contribution in [2.45, 2.75) is 0 Å². The molecule has 42 heavy (non-hydrogen) atoms. The van der Waals surface area contributed by atoms with Crippen LogP contribution in [0.15, 0.2) is 158 Å². The molecule has 0 amide bonds. The standard InChI is InChI=1S/C38H26BN3/c1-2-14-31(15-3-1)42-37-19-7-5-16-32(37)39(30-13-10-12-28(25-30)34-17-8-9-24-40-34)33-26-29(21-23-38(33)42)36-22-20-27-11-4-6-18-35(27)41-36/h1-26H.